The van der Waals surface area contributed by atoms with Crippen LogP contribution in [0.3, 0.4) is 0 Å². The summed E-state index contributed by atoms with van der Waals surface area (Å²) in [6.45, 7) is 0. The number of hydrogen-bond acceptors (Lipinski definition) is 7. The van der Waals surface area contributed by atoms with Gasteiger partial charge in [-0.1, -0.05) is 22.7 Å². The molecule has 6 nitrogen and oxygen atoms in total. The number of nitro groups is 1. The van der Waals surface area contributed by atoms with E-state index in [2.05, 4.69) is 15.5 Å². The number of hydrazone groups is 1. The van der Waals surface area contributed by atoms with Gasteiger partial charge in [0.25, 0.3) is 0 Å². The summed E-state index contributed by atoms with van der Waals surface area (Å²) in [5.74, 6) is 0. The molecule has 1 aromatic carbocycles. The smallest absolute Gasteiger partial charge is 0.258 e. The van der Waals surface area contributed by atoms with E-state index in [9.17, 15) is 23.3 Å². The van der Waals surface area contributed by atoms with E-state index in [0.29, 0.717) is 20.2 Å². The van der Waals surface area contributed by atoms with Gasteiger partial charge in [-0.2, -0.15) is 18.3 Å². The fraction of sp³-hybridized carbons (Fsp3) is 0.0769. The Morgan fingerprint density at radius 1 is 1.25 bits per heavy atom. The van der Waals surface area contributed by atoms with Crippen LogP contribution in [-0.4, -0.2) is 16.1 Å². The molecular weight excluding hydrogens is 365 g/mol. The summed E-state index contributed by atoms with van der Waals surface area (Å²) < 4.78 is 38.4. The van der Waals surface area contributed by atoms with Crippen molar-refractivity contribution in [3.8, 4) is 0 Å². The van der Waals surface area contributed by atoms with E-state index in [1.165, 1.54) is 18.3 Å². The molecule has 0 aliphatic rings. The number of benzene rings is 1. The van der Waals surface area contributed by atoms with Crippen molar-refractivity contribution in [2.75, 3.05) is 5.43 Å². The molecule has 0 spiro atoms. The molecule has 24 heavy (non-hydrogen) atoms. The van der Waals surface area contributed by atoms with Gasteiger partial charge < -0.3 is 0 Å². The molecule has 2 aromatic heterocycles. The third kappa shape index (κ3) is 3.51. The molecule has 0 saturated carbocycles. The van der Waals surface area contributed by atoms with Crippen molar-refractivity contribution in [1.29, 1.82) is 0 Å². The molecular formula is C13H7F3N4O2S2. The van der Waals surface area contributed by atoms with Gasteiger partial charge in [0.2, 0.25) is 5.13 Å². The van der Waals surface area contributed by atoms with Gasteiger partial charge in [-0.3, -0.25) is 15.5 Å². The number of halogens is 3. The Kier molecular flexibility index (Phi) is 4.20. The first-order valence-electron chi connectivity index (χ1n) is 6.34. The van der Waals surface area contributed by atoms with Gasteiger partial charge in [0.15, 0.2) is 0 Å². The zero-order valence-electron chi connectivity index (χ0n) is 11.6. The fourth-order valence-electron chi connectivity index (χ4n) is 1.81. The normalized spacial score (nSPS) is 12.1. The second kappa shape index (κ2) is 6.17. The molecule has 0 unspecified atom stereocenters. The zero-order valence-corrected chi connectivity index (χ0v) is 13.2. The van der Waals surface area contributed by atoms with Crippen molar-refractivity contribution >= 4 is 49.2 Å². The summed E-state index contributed by atoms with van der Waals surface area (Å²) in [6.07, 6.45) is -3.03. The Morgan fingerprint density at radius 2 is 2.04 bits per heavy atom. The number of thiophene rings is 1. The maximum Gasteiger partial charge on any atom is 0.416 e. The molecule has 3 aromatic rings. The van der Waals surface area contributed by atoms with E-state index in [1.54, 1.807) is 6.07 Å². The molecule has 0 radical (unpaired) electrons. The summed E-state index contributed by atoms with van der Waals surface area (Å²) in [5.41, 5.74) is 2.30. The van der Waals surface area contributed by atoms with Crippen LogP contribution in [0.4, 0.5) is 23.3 Å². The van der Waals surface area contributed by atoms with Crippen molar-refractivity contribution in [2.45, 2.75) is 6.18 Å². The van der Waals surface area contributed by atoms with Gasteiger partial charge in [0.05, 0.1) is 31.8 Å². The number of aromatic nitrogens is 1. The highest BCUT2D eigenvalue weighted by Gasteiger charge is 2.30. The Labute approximate surface area is 140 Å². The first kappa shape index (κ1) is 16.3. The highest BCUT2D eigenvalue weighted by molar-refractivity contribution is 7.22. The highest BCUT2D eigenvalue weighted by atomic mass is 32.1. The van der Waals surface area contributed by atoms with Gasteiger partial charge in [0, 0.05) is 6.07 Å². The van der Waals surface area contributed by atoms with Gasteiger partial charge in [-0.15, -0.1) is 0 Å². The number of alkyl halides is 3. The highest BCUT2D eigenvalue weighted by Crippen LogP contribution is 2.34. The lowest BCUT2D eigenvalue weighted by molar-refractivity contribution is -0.380. The number of fused-ring (bicyclic) bond motifs is 1. The van der Waals surface area contributed by atoms with Crippen LogP contribution in [0.1, 0.15) is 10.4 Å². The first-order valence-corrected chi connectivity index (χ1v) is 7.97. The predicted octanol–water partition coefficient (Wildman–Crippen LogP) is 4.73. The maximum atomic E-state index is 12.7. The average molecular weight is 372 g/mol. The molecule has 0 bridgehead atoms. The lowest BCUT2D eigenvalue weighted by Crippen LogP contribution is -2.03. The molecule has 124 valence electrons. The minimum absolute atomic E-state index is 0.00360. The van der Waals surface area contributed by atoms with E-state index >= 15 is 0 Å². The van der Waals surface area contributed by atoms with Crippen LogP contribution in [0.15, 0.2) is 35.4 Å². The van der Waals surface area contributed by atoms with Crippen LogP contribution in [0.25, 0.3) is 10.2 Å². The molecule has 0 saturated heterocycles. The number of thiazole rings is 1. The summed E-state index contributed by atoms with van der Waals surface area (Å²) in [7, 11) is 0. The van der Waals surface area contributed by atoms with Crippen LogP contribution in [-0.2, 0) is 6.18 Å². The minimum Gasteiger partial charge on any atom is -0.258 e. The number of nitrogens with zero attached hydrogens (tertiary/aromatic N) is 3. The second-order valence-corrected chi connectivity index (χ2v) is 6.63. The molecule has 0 atom stereocenters. The zero-order chi connectivity index (χ0) is 17.3. The summed E-state index contributed by atoms with van der Waals surface area (Å²) >= 11 is 1.99. The van der Waals surface area contributed by atoms with Crippen molar-refractivity contribution in [3.63, 3.8) is 0 Å². The third-order valence-electron chi connectivity index (χ3n) is 2.86. The SMILES string of the molecule is O=[N+]([O-])c1ccc(/C=N\Nc2nc3ccc(C(F)(F)F)cc3s2)s1. The van der Waals surface area contributed by atoms with Crippen LogP contribution in [0, 0.1) is 10.1 Å². The summed E-state index contributed by atoms with van der Waals surface area (Å²) in [6, 6.07) is 6.21. The van der Waals surface area contributed by atoms with E-state index in [-0.39, 0.29) is 5.00 Å². The molecule has 0 amide bonds. The largest absolute Gasteiger partial charge is 0.416 e. The van der Waals surface area contributed by atoms with Crippen molar-refractivity contribution in [1.82, 2.24) is 4.98 Å². The van der Waals surface area contributed by atoms with Crippen molar-refractivity contribution in [2.24, 2.45) is 5.10 Å². The third-order valence-corrected chi connectivity index (χ3v) is 4.75. The summed E-state index contributed by atoms with van der Waals surface area (Å²) in [4.78, 5) is 14.8. The van der Waals surface area contributed by atoms with Crippen LogP contribution in [0.5, 0.6) is 0 Å². The van der Waals surface area contributed by atoms with E-state index in [0.717, 1.165) is 34.8 Å². The molecule has 2 heterocycles. The first-order chi connectivity index (χ1) is 11.3. The van der Waals surface area contributed by atoms with E-state index in [4.69, 9.17) is 0 Å². The van der Waals surface area contributed by atoms with Gasteiger partial charge in [-0.05, 0) is 24.3 Å². The Morgan fingerprint density at radius 3 is 2.71 bits per heavy atom. The topological polar surface area (TPSA) is 80.4 Å². The van der Waals surface area contributed by atoms with Crippen LogP contribution < -0.4 is 5.43 Å². The second-order valence-electron chi connectivity index (χ2n) is 4.50. The number of rotatable bonds is 4. The minimum atomic E-state index is -4.40. The summed E-state index contributed by atoms with van der Waals surface area (Å²) in [5, 5.41) is 14.8. The molecule has 0 aliphatic heterocycles. The lowest BCUT2D eigenvalue weighted by Gasteiger charge is -2.04. The van der Waals surface area contributed by atoms with Gasteiger partial charge >= 0.3 is 11.2 Å². The molecule has 11 heteroatoms. The van der Waals surface area contributed by atoms with Crippen molar-refractivity contribution < 1.29 is 18.1 Å². The van der Waals surface area contributed by atoms with Gasteiger partial charge in [-0.25, -0.2) is 4.98 Å². The lowest BCUT2D eigenvalue weighted by atomic mass is 10.2. The Balaban J connectivity index is 1.75. The van der Waals surface area contributed by atoms with E-state index < -0.39 is 16.7 Å². The Bertz CT molecular complexity index is 933. The standard InChI is InChI=1S/C13H7F3N4O2S2/c14-13(15,16)7-1-3-9-10(5-7)24-12(18-9)19-17-6-8-2-4-11(23-8)20(21)22/h1-6H,(H,18,19)/b17-6-. The number of nitrogens with one attached hydrogen (secondary N) is 1. The molecule has 1 N–H and O–H groups in total. The van der Waals surface area contributed by atoms with Crippen LogP contribution in [0.2, 0.25) is 0 Å². The maximum absolute atomic E-state index is 12.7. The average Bonchev–Trinajstić information content (AvgIpc) is 3.11. The van der Waals surface area contributed by atoms with E-state index in [1.807, 2.05) is 0 Å². The Hall–Kier alpha value is -2.53. The fourth-order valence-corrected chi connectivity index (χ4v) is 3.36. The van der Waals surface area contributed by atoms with Crippen molar-refractivity contribution in [3.05, 3.63) is 50.9 Å². The predicted molar refractivity (Wildman–Crippen MR) is 86.8 cm³/mol. The number of anilines is 1. The number of hydrogen-bond donors (Lipinski definition) is 1. The molecule has 0 fully saturated rings. The molecule has 0 aliphatic carbocycles. The van der Waals surface area contributed by atoms with Gasteiger partial charge in [0.1, 0.15) is 0 Å². The quantitative estimate of drug-likeness (QED) is 0.408. The molecule has 3 rings (SSSR count). The monoisotopic (exact) mass is 372 g/mol. The van der Waals surface area contributed by atoms with Crippen LogP contribution >= 0.6 is 22.7 Å².